The normalized spacial score (nSPS) is 10.2. The zero-order chi connectivity index (χ0) is 10.7. The summed E-state index contributed by atoms with van der Waals surface area (Å²) in [7, 11) is 1.64. The quantitative estimate of drug-likeness (QED) is 0.810. The van der Waals surface area contributed by atoms with E-state index >= 15 is 0 Å². The summed E-state index contributed by atoms with van der Waals surface area (Å²) in [5.74, 6) is 1.42. The fourth-order valence-corrected chi connectivity index (χ4v) is 1.40. The van der Waals surface area contributed by atoms with Crippen molar-refractivity contribution in [1.82, 2.24) is 10.2 Å². The number of hydrogen-bond acceptors (Lipinski definition) is 4. The summed E-state index contributed by atoms with van der Waals surface area (Å²) in [6.45, 7) is 0. The Bertz CT molecular complexity index is 487. The molecule has 15 heavy (non-hydrogen) atoms. The van der Waals surface area contributed by atoms with Crippen molar-refractivity contribution in [3.8, 4) is 5.75 Å². The zero-order valence-electron chi connectivity index (χ0n) is 8.19. The molecule has 0 fully saturated rings. The van der Waals surface area contributed by atoms with Crippen molar-refractivity contribution < 1.29 is 9.15 Å². The fraction of sp³-hybridized carbons (Fsp3) is 0.200. The predicted octanol–water partition coefficient (Wildman–Crippen LogP) is 2.33. The molecule has 0 saturated carbocycles. The van der Waals surface area contributed by atoms with Crippen LogP contribution in [0.3, 0.4) is 0 Å². The maximum atomic E-state index is 5.16. The molecule has 2 rings (SSSR count). The van der Waals surface area contributed by atoms with Crippen LogP contribution in [0, 0.1) is 4.84 Å². The van der Waals surface area contributed by atoms with E-state index in [4.69, 9.17) is 21.4 Å². The number of ether oxygens (including phenoxy) is 1. The van der Waals surface area contributed by atoms with Crippen LogP contribution in [-0.4, -0.2) is 17.3 Å². The van der Waals surface area contributed by atoms with Crippen molar-refractivity contribution in [3.05, 3.63) is 40.6 Å². The first-order valence-corrected chi connectivity index (χ1v) is 4.86. The second kappa shape index (κ2) is 4.27. The Kier molecular flexibility index (Phi) is 2.82. The van der Waals surface area contributed by atoms with Gasteiger partial charge in [-0.3, -0.25) is 0 Å². The smallest absolute Gasteiger partial charge is 0.284 e. The second-order valence-electron chi connectivity index (χ2n) is 3.03. The molecule has 1 N–H and O–H groups in total. The Hall–Kier alpha value is -1.62. The summed E-state index contributed by atoms with van der Waals surface area (Å²) in [6.07, 6.45) is 0.622. The Balaban J connectivity index is 2.14. The van der Waals surface area contributed by atoms with Crippen LogP contribution in [0.4, 0.5) is 0 Å². The number of benzene rings is 1. The summed E-state index contributed by atoms with van der Waals surface area (Å²) in [4.78, 5) is 0.304. The fourth-order valence-electron chi connectivity index (χ4n) is 1.25. The van der Waals surface area contributed by atoms with E-state index in [2.05, 4.69) is 10.2 Å². The Morgan fingerprint density at radius 2 is 2.13 bits per heavy atom. The highest BCUT2D eigenvalue weighted by Crippen LogP contribution is 2.13. The van der Waals surface area contributed by atoms with E-state index in [1.807, 2.05) is 24.3 Å². The molecule has 1 aromatic carbocycles. The third kappa shape index (κ3) is 2.44. The number of methoxy groups -OCH3 is 1. The van der Waals surface area contributed by atoms with Crippen LogP contribution < -0.4 is 4.74 Å². The molecular weight excluding hydrogens is 212 g/mol. The average molecular weight is 222 g/mol. The van der Waals surface area contributed by atoms with Crippen LogP contribution in [0.25, 0.3) is 0 Å². The molecule has 78 valence electrons. The van der Waals surface area contributed by atoms with E-state index in [0.29, 0.717) is 17.1 Å². The van der Waals surface area contributed by atoms with Gasteiger partial charge in [0.1, 0.15) is 5.75 Å². The van der Waals surface area contributed by atoms with Gasteiger partial charge in [-0.1, -0.05) is 12.1 Å². The van der Waals surface area contributed by atoms with E-state index in [-0.39, 0.29) is 0 Å². The van der Waals surface area contributed by atoms with Crippen LogP contribution in [0.5, 0.6) is 5.75 Å². The molecule has 1 heterocycles. The lowest BCUT2D eigenvalue weighted by atomic mass is 10.1. The minimum absolute atomic E-state index is 0.304. The first kappa shape index (κ1) is 9.92. The minimum Gasteiger partial charge on any atom is -0.497 e. The number of aromatic nitrogens is 2. The first-order chi connectivity index (χ1) is 7.28. The summed E-state index contributed by atoms with van der Waals surface area (Å²) in [5, 5.41) is 6.51. The highest BCUT2D eigenvalue weighted by molar-refractivity contribution is 7.71. The SMILES string of the molecule is COc1ccc(Cc2n[nH]c(=S)o2)cc1. The van der Waals surface area contributed by atoms with Crippen molar-refractivity contribution in [2.75, 3.05) is 7.11 Å². The molecule has 0 atom stereocenters. The minimum atomic E-state index is 0.304. The van der Waals surface area contributed by atoms with Crippen LogP contribution in [-0.2, 0) is 6.42 Å². The maximum Gasteiger partial charge on any atom is 0.284 e. The molecule has 1 aromatic heterocycles. The van der Waals surface area contributed by atoms with Crippen molar-refractivity contribution >= 4 is 12.2 Å². The zero-order valence-corrected chi connectivity index (χ0v) is 9.00. The third-order valence-electron chi connectivity index (χ3n) is 2.00. The van der Waals surface area contributed by atoms with Gasteiger partial charge in [-0.05, 0) is 29.9 Å². The molecular formula is C10H10N2O2S. The van der Waals surface area contributed by atoms with Gasteiger partial charge in [0.15, 0.2) is 0 Å². The van der Waals surface area contributed by atoms with Crippen molar-refractivity contribution in [1.29, 1.82) is 0 Å². The van der Waals surface area contributed by atoms with Gasteiger partial charge in [0.2, 0.25) is 5.89 Å². The molecule has 0 radical (unpaired) electrons. The van der Waals surface area contributed by atoms with Gasteiger partial charge >= 0.3 is 0 Å². The molecule has 0 spiro atoms. The van der Waals surface area contributed by atoms with Gasteiger partial charge in [-0.15, -0.1) is 5.10 Å². The number of rotatable bonds is 3. The molecule has 0 bridgehead atoms. The highest BCUT2D eigenvalue weighted by atomic mass is 32.1. The van der Waals surface area contributed by atoms with Gasteiger partial charge < -0.3 is 9.15 Å². The van der Waals surface area contributed by atoms with E-state index in [0.717, 1.165) is 11.3 Å². The van der Waals surface area contributed by atoms with E-state index < -0.39 is 0 Å². The lowest BCUT2D eigenvalue weighted by molar-refractivity contribution is 0.414. The van der Waals surface area contributed by atoms with Crippen LogP contribution >= 0.6 is 12.2 Å². The van der Waals surface area contributed by atoms with Gasteiger partial charge in [-0.25, -0.2) is 5.10 Å². The largest absolute Gasteiger partial charge is 0.497 e. The Labute approximate surface area is 91.9 Å². The average Bonchev–Trinajstić information content (AvgIpc) is 2.65. The van der Waals surface area contributed by atoms with E-state index in [9.17, 15) is 0 Å². The Morgan fingerprint density at radius 1 is 1.40 bits per heavy atom. The van der Waals surface area contributed by atoms with E-state index in [1.54, 1.807) is 7.11 Å². The summed E-state index contributed by atoms with van der Waals surface area (Å²) < 4.78 is 10.2. The van der Waals surface area contributed by atoms with Gasteiger partial charge in [0.05, 0.1) is 13.5 Å². The molecule has 0 unspecified atom stereocenters. The monoisotopic (exact) mass is 222 g/mol. The molecule has 4 nitrogen and oxygen atoms in total. The maximum absolute atomic E-state index is 5.16. The second-order valence-corrected chi connectivity index (χ2v) is 3.40. The van der Waals surface area contributed by atoms with Crippen LogP contribution in [0.15, 0.2) is 28.7 Å². The highest BCUT2D eigenvalue weighted by Gasteiger charge is 2.01. The number of hydrogen-bond donors (Lipinski definition) is 1. The predicted molar refractivity (Wildman–Crippen MR) is 57.5 cm³/mol. The van der Waals surface area contributed by atoms with Crippen LogP contribution in [0.2, 0.25) is 0 Å². The summed E-state index contributed by atoms with van der Waals surface area (Å²) in [6, 6.07) is 7.73. The number of nitrogens with zero attached hydrogens (tertiary/aromatic N) is 1. The molecule has 5 heteroatoms. The van der Waals surface area contributed by atoms with Crippen molar-refractivity contribution in [2.24, 2.45) is 0 Å². The Morgan fingerprint density at radius 3 is 2.67 bits per heavy atom. The molecule has 2 aromatic rings. The number of H-pyrrole nitrogens is 1. The first-order valence-electron chi connectivity index (χ1n) is 4.45. The topological polar surface area (TPSA) is 51.0 Å². The molecule has 0 aliphatic heterocycles. The number of aromatic amines is 1. The number of nitrogens with one attached hydrogen (secondary N) is 1. The molecule has 0 amide bonds. The standard InChI is InChI=1S/C10H10N2O2S/c1-13-8-4-2-7(3-5-8)6-9-11-12-10(15)14-9/h2-5H,6H2,1H3,(H,12,15). The lowest BCUT2D eigenvalue weighted by Gasteiger charge is -2.00. The van der Waals surface area contributed by atoms with Crippen LogP contribution in [0.1, 0.15) is 11.5 Å². The molecule has 0 aliphatic carbocycles. The van der Waals surface area contributed by atoms with Gasteiger partial charge in [0.25, 0.3) is 4.84 Å². The summed E-state index contributed by atoms with van der Waals surface area (Å²) >= 11 is 4.78. The third-order valence-corrected chi connectivity index (χ3v) is 2.17. The molecule has 0 saturated heterocycles. The van der Waals surface area contributed by atoms with Crippen molar-refractivity contribution in [3.63, 3.8) is 0 Å². The lowest BCUT2D eigenvalue weighted by Crippen LogP contribution is -1.89. The van der Waals surface area contributed by atoms with Crippen molar-refractivity contribution in [2.45, 2.75) is 6.42 Å². The summed E-state index contributed by atoms with van der Waals surface area (Å²) in [5.41, 5.74) is 1.10. The van der Waals surface area contributed by atoms with Gasteiger partial charge in [0, 0.05) is 0 Å². The van der Waals surface area contributed by atoms with Gasteiger partial charge in [-0.2, -0.15) is 0 Å². The van der Waals surface area contributed by atoms with E-state index in [1.165, 1.54) is 0 Å². The molecule has 0 aliphatic rings.